The second-order valence-electron chi connectivity index (χ2n) is 6.08. The van der Waals surface area contributed by atoms with Crippen molar-refractivity contribution in [1.82, 2.24) is 5.32 Å². The number of benzene rings is 1. The molecule has 1 aromatic carbocycles. The van der Waals surface area contributed by atoms with Crippen molar-refractivity contribution in [2.45, 2.75) is 37.3 Å². The number of hydrogen-bond donors (Lipinski definition) is 1. The Hall–Kier alpha value is -1.10. The van der Waals surface area contributed by atoms with Gasteiger partial charge >= 0.3 is 0 Å². The van der Waals surface area contributed by atoms with E-state index in [1.165, 1.54) is 24.0 Å². The molecule has 0 bridgehead atoms. The van der Waals surface area contributed by atoms with E-state index < -0.39 is 0 Å². The molecule has 3 rings (SSSR count). The van der Waals surface area contributed by atoms with Crippen LogP contribution in [0.1, 0.15) is 36.4 Å². The smallest absolute Gasteiger partial charge is 0.119 e. The first kappa shape index (κ1) is 14.8. The molecule has 1 aliphatic carbocycles. The van der Waals surface area contributed by atoms with Gasteiger partial charge in [0.1, 0.15) is 11.4 Å². The van der Waals surface area contributed by atoms with E-state index in [9.17, 15) is 0 Å². The second-order valence-corrected chi connectivity index (χ2v) is 6.08. The molecule has 116 valence electrons. The third-order valence-corrected chi connectivity index (χ3v) is 4.84. The summed E-state index contributed by atoms with van der Waals surface area (Å²) in [5.41, 5.74) is 2.66. The molecule has 1 aromatic rings. The van der Waals surface area contributed by atoms with E-state index in [0.717, 1.165) is 31.7 Å². The van der Waals surface area contributed by atoms with Gasteiger partial charge in [-0.05, 0) is 42.5 Å². The van der Waals surface area contributed by atoms with Crippen LogP contribution < -0.4 is 10.1 Å². The summed E-state index contributed by atoms with van der Waals surface area (Å²) in [7, 11) is 3.51. The first-order valence-electron chi connectivity index (χ1n) is 7.79. The quantitative estimate of drug-likeness (QED) is 0.904. The van der Waals surface area contributed by atoms with Crippen LogP contribution >= 0.6 is 0 Å². The van der Waals surface area contributed by atoms with Crippen molar-refractivity contribution in [3.05, 3.63) is 29.3 Å². The summed E-state index contributed by atoms with van der Waals surface area (Å²) >= 11 is 0. The van der Waals surface area contributed by atoms with Crippen LogP contribution in [-0.2, 0) is 15.9 Å². The zero-order valence-corrected chi connectivity index (χ0v) is 13.0. The lowest BCUT2D eigenvalue weighted by Crippen LogP contribution is -2.44. The summed E-state index contributed by atoms with van der Waals surface area (Å²) in [5.74, 6) is 0.938. The summed E-state index contributed by atoms with van der Waals surface area (Å²) in [4.78, 5) is 0. The Balaban J connectivity index is 1.72. The van der Waals surface area contributed by atoms with E-state index in [0.29, 0.717) is 12.6 Å². The Labute approximate surface area is 126 Å². The maximum Gasteiger partial charge on any atom is 0.119 e. The van der Waals surface area contributed by atoms with Crippen molar-refractivity contribution < 1.29 is 14.2 Å². The normalized spacial score (nSPS) is 28.4. The number of aryl methyl sites for hydroxylation is 1. The SMILES string of the molecule is COc1ccc2c(c1)C(NCC1(OC)CCOC1)CCC2. The van der Waals surface area contributed by atoms with E-state index in [1.807, 2.05) is 0 Å². The van der Waals surface area contributed by atoms with Gasteiger partial charge in [0.05, 0.1) is 13.7 Å². The van der Waals surface area contributed by atoms with Crippen molar-refractivity contribution >= 4 is 0 Å². The third-order valence-electron chi connectivity index (χ3n) is 4.84. The standard InChI is InChI=1S/C17H25NO3/c1-19-14-7-6-13-4-3-5-16(15(13)10-14)18-11-17(20-2)8-9-21-12-17/h6-7,10,16,18H,3-5,8-9,11-12H2,1-2H3. The molecule has 2 aliphatic rings. The molecular formula is C17H25NO3. The van der Waals surface area contributed by atoms with Crippen LogP contribution in [0.15, 0.2) is 18.2 Å². The summed E-state index contributed by atoms with van der Waals surface area (Å²) in [6.45, 7) is 2.32. The molecule has 4 nitrogen and oxygen atoms in total. The molecule has 4 heteroatoms. The summed E-state index contributed by atoms with van der Waals surface area (Å²) in [6, 6.07) is 6.82. The highest BCUT2D eigenvalue weighted by Crippen LogP contribution is 2.33. The largest absolute Gasteiger partial charge is 0.497 e. The number of rotatable bonds is 5. The first-order valence-corrected chi connectivity index (χ1v) is 7.79. The Bertz CT molecular complexity index is 483. The molecule has 2 unspecified atom stereocenters. The predicted molar refractivity (Wildman–Crippen MR) is 81.9 cm³/mol. The minimum atomic E-state index is -0.156. The van der Waals surface area contributed by atoms with Gasteiger partial charge in [0, 0.05) is 32.7 Å². The zero-order chi connectivity index (χ0) is 14.7. The molecule has 0 amide bonds. The van der Waals surface area contributed by atoms with E-state index in [1.54, 1.807) is 14.2 Å². The van der Waals surface area contributed by atoms with Gasteiger partial charge in [-0.15, -0.1) is 0 Å². The third kappa shape index (κ3) is 3.07. The number of fused-ring (bicyclic) bond motifs is 1. The highest BCUT2D eigenvalue weighted by atomic mass is 16.5. The van der Waals surface area contributed by atoms with Crippen LogP contribution in [0.2, 0.25) is 0 Å². The zero-order valence-electron chi connectivity index (χ0n) is 13.0. The van der Waals surface area contributed by atoms with Crippen LogP contribution in [0.25, 0.3) is 0 Å². The fourth-order valence-electron chi connectivity index (χ4n) is 3.39. The number of ether oxygens (including phenoxy) is 3. The average Bonchev–Trinajstić information content (AvgIpc) is 3.02. The van der Waals surface area contributed by atoms with Crippen molar-refractivity contribution in [1.29, 1.82) is 0 Å². The minimum absolute atomic E-state index is 0.156. The van der Waals surface area contributed by atoms with Crippen molar-refractivity contribution in [2.24, 2.45) is 0 Å². The van der Waals surface area contributed by atoms with Crippen molar-refractivity contribution in [3.63, 3.8) is 0 Å². The Morgan fingerprint density at radius 2 is 2.29 bits per heavy atom. The maximum atomic E-state index is 5.71. The second kappa shape index (κ2) is 6.34. The molecule has 0 radical (unpaired) electrons. The molecule has 1 heterocycles. The summed E-state index contributed by atoms with van der Waals surface area (Å²) in [6.07, 6.45) is 4.53. The van der Waals surface area contributed by atoms with Gasteiger partial charge in [0.15, 0.2) is 0 Å². The fraction of sp³-hybridized carbons (Fsp3) is 0.647. The number of methoxy groups -OCH3 is 2. The van der Waals surface area contributed by atoms with Crippen molar-refractivity contribution in [3.8, 4) is 5.75 Å². The number of nitrogens with one attached hydrogen (secondary N) is 1. The van der Waals surface area contributed by atoms with Gasteiger partial charge in [-0.25, -0.2) is 0 Å². The highest BCUT2D eigenvalue weighted by Gasteiger charge is 2.35. The average molecular weight is 291 g/mol. The van der Waals surface area contributed by atoms with Crippen LogP contribution in [0.5, 0.6) is 5.75 Å². The maximum absolute atomic E-state index is 5.71. The molecule has 0 spiro atoms. The van der Waals surface area contributed by atoms with Gasteiger partial charge in [-0.1, -0.05) is 6.07 Å². The molecule has 1 fully saturated rings. The molecule has 1 saturated heterocycles. The minimum Gasteiger partial charge on any atom is -0.497 e. The van der Waals surface area contributed by atoms with Crippen molar-refractivity contribution in [2.75, 3.05) is 34.0 Å². The molecule has 0 saturated carbocycles. The van der Waals surface area contributed by atoms with Gasteiger partial charge in [0.2, 0.25) is 0 Å². The molecule has 1 aliphatic heterocycles. The van der Waals surface area contributed by atoms with Crippen LogP contribution in [0.4, 0.5) is 0 Å². The molecule has 2 atom stereocenters. The van der Waals surface area contributed by atoms with E-state index in [2.05, 4.69) is 23.5 Å². The lowest BCUT2D eigenvalue weighted by molar-refractivity contribution is -0.0178. The molecule has 21 heavy (non-hydrogen) atoms. The lowest BCUT2D eigenvalue weighted by Gasteiger charge is -2.32. The Morgan fingerprint density at radius 3 is 3.00 bits per heavy atom. The topological polar surface area (TPSA) is 39.7 Å². The van der Waals surface area contributed by atoms with E-state index >= 15 is 0 Å². The first-order chi connectivity index (χ1) is 10.3. The Morgan fingerprint density at radius 1 is 1.38 bits per heavy atom. The molecule has 0 aromatic heterocycles. The molecular weight excluding hydrogens is 266 g/mol. The van der Waals surface area contributed by atoms with Gasteiger partial charge in [-0.2, -0.15) is 0 Å². The Kier molecular flexibility index (Phi) is 4.48. The van der Waals surface area contributed by atoms with Gasteiger partial charge in [-0.3, -0.25) is 0 Å². The predicted octanol–water partition coefficient (Wildman–Crippen LogP) is 2.47. The number of hydrogen-bond acceptors (Lipinski definition) is 4. The summed E-state index contributed by atoms with van der Waals surface area (Å²) in [5, 5.41) is 3.70. The van der Waals surface area contributed by atoms with Crippen LogP contribution in [0.3, 0.4) is 0 Å². The van der Waals surface area contributed by atoms with Crippen LogP contribution in [-0.4, -0.2) is 39.6 Å². The van der Waals surface area contributed by atoms with Crippen LogP contribution in [0, 0.1) is 0 Å². The highest BCUT2D eigenvalue weighted by molar-refractivity contribution is 5.39. The lowest BCUT2D eigenvalue weighted by atomic mass is 9.87. The summed E-state index contributed by atoms with van der Waals surface area (Å²) < 4.78 is 16.6. The van der Waals surface area contributed by atoms with E-state index in [-0.39, 0.29) is 5.60 Å². The van der Waals surface area contributed by atoms with Gasteiger partial charge < -0.3 is 19.5 Å². The fourth-order valence-corrected chi connectivity index (χ4v) is 3.39. The van der Waals surface area contributed by atoms with Gasteiger partial charge in [0.25, 0.3) is 0 Å². The molecule has 1 N–H and O–H groups in total. The van der Waals surface area contributed by atoms with E-state index in [4.69, 9.17) is 14.2 Å². The monoisotopic (exact) mass is 291 g/mol.